The van der Waals surface area contributed by atoms with Gasteiger partial charge in [0.15, 0.2) is 11.5 Å². The first kappa shape index (κ1) is 19.8. The summed E-state index contributed by atoms with van der Waals surface area (Å²) in [4.78, 5) is 24.4. The third-order valence-corrected chi connectivity index (χ3v) is 4.39. The molecule has 7 heteroatoms. The lowest BCUT2D eigenvalue weighted by molar-refractivity contribution is -0.136. The molecule has 1 unspecified atom stereocenters. The number of benzene rings is 2. The Kier molecular flexibility index (Phi) is 6.63. The molecule has 0 saturated heterocycles. The minimum atomic E-state index is -0.720. The Labute approximate surface area is 161 Å². The van der Waals surface area contributed by atoms with Gasteiger partial charge in [0, 0.05) is 10.2 Å². The number of hydrogen-bond acceptors (Lipinski definition) is 4. The topological polar surface area (TPSA) is 76.7 Å². The molecule has 6 nitrogen and oxygen atoms in total. The number of amides is 2. The van der Waals surface area contributed by atoms with Crippen molar-refractivity contribution < 1.29 is 19.1 Å². The number of hydrogen-bond donors (Lipinski definition) is 2. The molecule has 26 heavy (non-hydrogen) atoms. The maximum absolute atomic E-state index is 12.2. The van der Waals surface area contributed by atoms with Gasteiger partial charge in [-0.3, -0.25) is 9.59 Å². The number of rotatable bonds is 5. The summed E-state index contributed by atoms with van der Waals surface area (Å²) in [7, 11) is 3.09. The number of methoxy groups -OCH3 is 2. The van der Waals surface area contributed by atoms with Crippen LogP contribution in [0.2, 0.25) is 0 Å². The lowest BCUT2D eigenvalue weighted by Gasteiger charge is -2.16. The molecule has 0 spiro atoms. The predicted molar refractivity (Wildman–Crippen MR) is 104 cm³/mol. The van der Waals surface area contributed by atoms with Gasteiger partial charge in [-0.2, -0.15) is 0 Å². The van der Waals surface area contributed by atoms with E-state index in [4.69, 9.17) is 9.47 Å². The Hall–Kier alpha value is -2.54. The lowest BCUT2D eigenvalue weighted by Crippen LogP contribution is -2.37. The van der Waals surface area contributed by atoms with Gasteiger partial charge in [-0.05, 0) is 55.3 Å². The van der Waals surface area contributed by atoms with Crippen molar-refractivity contribution in [3.63, 3.8) is 0 Å². The number of aryl methyl sites for hydroxylation is 1. The van der Waals surface area contributed by atoms with E-state index in [1.165, 1.54) is 0 Å². The Morgan fingerprint density at radius 3 is 2.31 bits per heavy atom. The van der Waals surface area contributed by atoms with Crippen molar-refractivity contribution in [1.29, 1.82) is 0 Å². The van der Waals surface area contributed by atoms with Gasteiger partial charge < -0.3 is 20.1 Å². The summed E-state index contributed by atoms with van der Waals surface area (Å²) >= 11 is 3.36. The smallest absolute Gasteiger partial charge is 0.313 e. The Morgan fingerprint density at radius 2 is 1.69 bits per heavy atom. The lowest BCUT2D eigenvalue weighted by atomic mass is 10.1. The van der Waals surface area contributed by atoms with Crippen molar-refractivity contribution in [2.24, 2.45) is 0 Å². The molecule has 0 aliphatic heterocycles. The van der Waals surface area contributed by atoms with Gasteiger partial charge in [0.1, 0.15) is 0 Å². The zero-order valence-corrected chi connectivity index (χ0v) is 16.6. The van der Waals surface area contributed by atoms with E-state index in [2.05, 4.69) is 26.6 Å². The number of carbonyl (C=O) groups excluding carboxylic acids is 2. The van der Waals surface area contributed by atoms with Crippen molar-refractivity contribution in [2.45, 2.75) is 19.9 Å². The highest BCUT2D eigenvalue weighted by Crippen LogP contribution is 2.29. The summed E-state index contributed by atoms with van der Waals surface area (Å²) in [5, 5.41) is 5.30. The summed E-state index contributed by atoms with van der Waals surface area (Å²) in [6.07, 6.45) is 0. The predicted octanol–water partition coefficient (Wildman–Crippen LogP) is 3.59. The summed E-state index contributed by atoms with van der Waals surface area (Å²) < 4.78 is 11.4. The van der Waals surface area contributed by atoms with Crippen molar-refractivity contribution >= 4 is 33.4 Å². The number of nitrogens with one attached hydrogen (secondary N) is 2. The van der Waals surface area contributed by atoms with Gasteiger partial charge in [-0.1, -0.05) is 22.0 Å². The molecule has 0 fully saturated rings. The molecule has 0 radical (unpaired) electrons. The Bertz CT molecular complexity index is 823. The quantitative estimate of drug-likeness (QED) is 0.724. The minimum absolute atomic E-state index is 0.376. The molecule has 2 N–H and O–H groups in total. The Morgan fingerprint density at radius 1 is 1.00 bits per heavy atom. The molecular formula is C19H21BrN2O4. The standard InChI is InChI=1S/C19H21BrN2O4/c1-11-9-14(20)6-7-15(11)22-19(24)18(23)21-12(2)13-5-8-16(25-3)17(10-13)26-4/h5-10,12H,1-4H3,(H,21,23)(H,22,24). The van der Waals surface area contributed by atoms with Crippen LogP contribution in [0, 0.1) is 6.92 Å². The van der Waals surface area contributed by atoms with Crippen LogP contribution < -0.4 is 20.1 Å². The van der Waals surface area contributed by atoms with Crippen LogP contribution in [0.4, 0.5) is 5.69 Å². The van der Waals surface area contributed by atoms with Crippen LogP contribution in [0.25, 0.3) is 0 Å². The van der Waals surface area contributed by atoms with Crippen LogP contribution in [-0.2, 0) is 9.59 Å². The highest BCUT2D eigenvalue weighted by Gasteiger charge is 2.19. The fourth-order valence-electron chi connectivity index (χ4n) is 2.41. The summed E-state index contributed by atoms with van der Waals surface area (Å²) in [6, 6.07) is 10.3. The van der Waals surface area contributed by atoms with E-state index in [0.717, 1.165) is 15.6 Å². The summed E-state index contributed by atoms with van der Waals surface area (Å²) in [5.74, 6) is -0.281. The maximum atomic E-state index is 12.2. The van der Waals surface area contributed by atoms with Crippen LogP contribution in [0.3, 0.4) is 0 Å². The maximum Gasteiger partial charge on any atom is 0.313 e. The first-order valence-corrected chi connectivity index (χ1v) is 8.75. The molecule has 2 aromatic rings. The molecule has 2 amide bonds. The normalized spacial score (nSPS) is 11.4. The number of carbonyl (C=O) groups is 2. The summed E-state index contributed by atoms with van der Waals surface area (Å²) in [5.41, 5.74) is 2.24. The molecule has 138 valence electrons. The highest BCUT2D eigenvalue weighted by atomic mass is 79.9. The van der Waals surface area contributed by atoms with Gasteiger partial charge >= 0.3 is 11.8 Å². The zero-order valence-electron chi connectivity index (χ0n) is 15.1. The van der Waals surface area contributed by atoms with Crippen molar-refractivity contribution in [2.75, 3.05) is 19.5 Å². The van der Waals surface area contributed by atoms with Crippen LogP contribution in [0.1, 0.15) is 24.1 Å². The average Bonchev–Trinajstić information content (AvgIpc) is 2.63. The zero-order chi connectivity index (χ0) is 19.3. The van der Waals surface area contributed by atoms with Crippen molar-refractivity contribution in [3.05, 3.63) is 52.0 Å². The molecule has 0 aliphatic rings. The van der Waals surface area contributed by atoms with E-state index in [0.29, 0.717) is 17.2 Å². The van der Waals surface area contributed by atoms with Crippen molar-refractivity contribution in [3.8, 4) is 11.5 Å². The van der Waals surface area contributed by atoms with E-state index in [1.54, 1.807) is 45.4 Å². The fourth-order valence-corrected chi connectivity index (χ4v) is 2.89. The van der Waals surface area contributed by atoms with Gasteiger partial charge in [-0.25, -0.2) is 0 Å². The SMILES string of the molecule is COc1ccc(C(C)NC(=O)C(=O)Nc2ccc(Br)cc2C)cc1OC. The third kappa shape index (κ3) is 4.76. The largest absolute Gasteiger partial charge is 0.493 e. The third-order valence-electron chi connectivity index (χ3n) is 3.90. The monoisotopic (exact) mass is 420 g/mol. The molecule has 0 aliphatic carbocycles. The van der Waals surface area contributed by atoms with E-state index < -0.39 is 11.8 Å². The molecule has 2 aromatic carbocycles. The van der Waals surface area contributed by atoms with Crippen LogP contribution in [-0.4, -0.2) is 26.0 Å². The van der Waals surface area contributed by atoms with Gasteiger partial charge in [-0.15, -0.1) is 0 Å². The fraction of sp³-hybridized carbons (Fsp3) is 0.263. The average molecular weight is 421 g/mol. The van der Waals surface area contributed by atoms with Gasteiger partial charge in [0.25, 0.3) is 0 Å². The molecule has 2 rings (SSSR count). The number of ether oxygens (including phenoxy) is 2. The van der Waals surface area contributed by atoms with Crippen molar-refractivity contribution in [1.82, 2.24) is 5.32 Å². The molecule has 0 bridgehead atoms. The first-order chi connectivity index (χ1) is 12.3. The molecule has 0 saturated carbocycles. The second-order valence-electron chi connectivity index (χ2n) is 5.72. The van der Waals surface area contributed by atoms with E-state index in [1.807, 2.05) is 19.1 Å². The molecule has 0 aromatic heterocycles. The van der Waals surface area contributed by atoms with Gasteiger partial charge in [0.05, 0.1) is 20.3 Å². The minimum Gasteiger partial charge on any atom is -0.493 e. The van der Waals surface area contributed by atoms with Crippen LogP contribution in [0.15, 0.2) is 40.9 Å². The molecule has 1 atom stereocenters. The second kappa shape index (κ2) is 8.71. The Balaban J connectivity index is 2.05. The number of anilines is 1. The molecule has 0 heterocycles. The molecular weight excluding hydrogens is 400 g/mol. The van der Waals surface area contributed by atoms with Gasteiger partial charge in [0.2, 0.25) is 0 Å². The van der Waals surface area contributed by atoms with Crippen LogP contribution in [0.5, 0.6) is 11.5 Å². The van der Waals surface area contributed by atoms with E-state index in [9.17, 15) is 9.59 Å². The first-order valence-electron chi connectivity index (χ1n) is 7.95. The second-order valence-corrected chi connectivity index (χ2v) is 6.64. The van der Waals surface area contributed by atoms with Crippen LogP contribution >= 0.6 is 15.9 Å². The summed E-state index contributed by atoms with van der Waals surface area (Å²) in [6.45, 7) is 3.64. The van der Waals surface area contributed by atoms with E-state index in [-0.39, 0.29) is 6.04 Å². The highest BCUT2D eigenvalue weighted by molar-refractivity contribution is 9.10. The number of halogens is 1. The van der Waals surface area contributed by atoms with E-state index >= 15 is 0 Å².